The van der Waals surface area contributed by atoms with Gasteiger partial charge >= 0.3 is 5.97 Å². The Morgan fingerprint density at radius 2 is 1.94 bits per heavy atom. The smallest absolute Gasteiger partial charge is 0.320 e. The maximum atomic E-state index is 10.7. The van der Waals surface area contributed by atoms with Gasteiger partial charge in [0.25, 0.3) is 0 Å². The zero-order valence-electron chi connectivity index (χ0n) is 9.14. The van der Waals surface area contributed by atoms with E-state index in [4.69, 9.17) is 20.3 Å². The Morgan fingerprint density at radius 3 is 2.31 bits per heavy atom. The standard InChI is InChI=1S/C10H14N2O4/c1-15-8-4-12-5-9(16-2)6(8)3-7(11)10(13)14/h4-5,7H,3,11H2,1-2H3,(H,13,14). The molecule has 1 aromatic rings. The average Bonchev–Trinajstić information content (AvgIpc) is 2.29. The first kappa shape index (κ1) is 12.3. The average molecular weight is 226 g/mol. The quantitative estimate of drug-likeness (QED) is 0.736. The van der Waals surface area contributed by atoms with Crippen LogP contribution in [0.2, 0.25) is 0 Å². The Kier molecular flexibility index (Phi) is 4.07. The Balaban J connectivity index is 3.04. The van der Waals surface area contributed by atoms with Crippen LogP contribution in [-0.4, -0.2) is 36.3 Å². The third kappa shape index (κ3) is 2.60. The molecule has 88 valence electrons. The molecule has 1 aromatic heterocycles. The number of carboxylic acids is 1. The van der Waals surface area contributed by atoms with Crippen molar-refractivity contribution in [3.05, 3.63) is 18.0 Å². The monoisotopic (exact) mass is 226 g/mol. The van der Waals surface area contributed by atoms with Crippen molar-refractivity contribution < 1.29 is 19.4 Å². The molecule has 1 rings (SSSR count). The summed E-state index contributed by atoms with van der Waals surface area (Å²) >= 11 is 0. The highest BCUT2D eigenvalue weighted by molar-refractivity contribution is 5.74. The van der Waals surface area contributed by atoms with Crippen LogP contribution in [0, 0.1) is 0 Å². The number of hydrogen-bond donors (Lipinski definition) is 2. The van der Waals surface area contributed by atoms with Crippen LogP contribution in [0.15, 0.2) is 12.4 Å². The first-order valence-electron chi connectivity index (χ1n) is 4.63. The van der Waals surface area contributed by atoms with Crippen LogP contribution in [-0.2, 0) is 11.2 Å². The number of rotatable bonds is 5. The molecule has 0 bridgehead atoms. The molecule has 0 saturated heterocycles. The van der Waals surface area contributed by atoms with Crippen LogP contribution in [0.3, 0.4) is 0 Å². The molecule has 0 aliphatic carbocycles. The van der Waals surface area contributed by atoms with E-state index < -0.39 is 12.0 Å². The van der Waals surface area contributed by atoms with E-state index in [0.717, 1.165) is 0 Å². The van der Waals surface area contributed by atoms with Crippen molar-refractivity contribution in [2.24, 2.45) is 5.73 Å². The van der Waals surface area contributed by atoms with Crippen molar-refractivity contribution in [3.63, 3.8) is 0 Å². The second kappa shape index (κ2) is 5.32. The number of nitrogens with zero attached hydrogens (tertiary/aromatic N) is 1. The molecule has 0 spiro atoms. The molecule has 6 heteroatoms. The number of ether oxygens (including phenoxy) is 2. The molecule has 0 aromatic carbocycles. The molecule has 0 amide bonds. The summed E-state index contributed by atoms with van der Waals surface area (Å²) in [6, 6.07) is -0.995. The van der Waals surface area contributed by atoms with E-state index in [1.54, 1.807) is 0 Å². The normalized spacial score (nSPS) is 11.9. The highest BCUT2D eigenvalue weighted by Crippen LogP contribution is 2.27. The summed E-state index contributed by atoms with van der Waals surface area (Å²) in [6.07, 6.45) is 3.11. The van der Waals surface area contributed by atoms with E-state index in [9.17, 15) is 4.79 Å². The largest absolute Gasteiger partial charge is 0.495 e. The second-order valence-electron chi connectivity index (χ2n) is 3.17. The first-order valence-corrected chi connectivity index (χ1v) is 4.63. The maximum absolute atomic E-state index is 10.7. The summed E-state index contributed by atoms with van der Waals surface area (Å²) in [4.78, 5) is 14.6. The van der Waals surface area contributed by atoms with E-state index in [0.29, 0.717) is 17.1 Å². The van der Waals surface area contributed by atoms with Gasteiger partial charge in [-0.05, 0) is 0 Å². The van der Waals surface area contributed by atoms with Gasteiger partial charge in [-0.3, -0.25) is 9.78 Å². The molecule has 0 fully saturated rings. The molecule has 1 heterocycles. The number of aromatic nitrogens is 1. The number of hydrogen-bond acceptors (Lipinski definition) is 5. The van der Waals surface area contributed by atoms with Crippen LogP contribution in [0.4, 0.5) is 0 Å². The lowest BCUT2D eigenvalue weighted by molar-refractivity contribution is -0.138. The minimum absolute atomic E-state index is 0.129. The van der Waals surface area contributed by atoms with Gasteiger partial charge in [0.1, 0.15) is 17.5 Å². The number of nitrogens with two attached hydrogens (primary N) is 1. The zero-order valence-corrected chi connectivity index (χ0v) is 9.14. The van der Waals surface area contributed by atoms with E-state index in [-0.39, 0.29) is 6.42 Å². The Hall–Kier alpha value is -1.82. The predicted octanol–water partition coefficient (Wildman–Crippen LogP) is 0.0532. The van der Waals surface area contributed by atoms with Crippen molar-refractivity contribution in [1.29, 1.82) is 0 Å². The van der Waals surface area contributed by atoms with E-state index in [1.807, 2.05) is 0 Å². The molecule has 0 aliphatic heterocycles. The third-order valence-electron chi connectivity index (χ3n) is 2.16. The van der Waals surface area contributed by atoms with E-state index >= 15 is 0 Å². The van der Waals surface area contributed by atoms with Crippen LogP contribution < -0.4 is 15.2 Å². The van der Waals surface area contributed by atoms with Crippen molar-refractivity contribution in [2.45, 2.75) is 12.5 Å². The summed E-state index contributed by atoms with van der Waals surface area (Å²) in [5.41, 5.74) is 6.07. The second-order valence-corrected chi connectivity index (χ2v) is 3.17. The van der Waals surface area contributed by atoms with Gasteiger partial charge in [-0.2, -0.15) is 0 Å². The van der Waals surface area contributed by atoms with Crippen molar-refractivity contribution in [3.8, 4) is 11.5 Å². The van der Waals surface area contributed by atoms with Gasteiger partial charge in [0.05, 0.1) is 26.6 Å². The van der Waals surface area contributed by atoms with Gasteiger partial charge in [0.15, 0.2) is 0 Å². The Morgan fingerprint density at radius 1 is 1.44 bits per heavy atom. The fraction of sp³-hybridized carbons (Fsp3) is 0.400. The predicted molar refractivity (Wildman–Crippen MR) is 56.7 cm³/mol. The van der Waals surface area contributed by atoms with Crippen LogP contribution >= 0.6 is 0 Å². The molecule has 6 nitrogen and oxygen atoms in total. The molecule has 0 aliphatic rings. The number of methoxy groups -OCH3 is 2. The van der Waals surface area contributed by atoms with Crippen molar-refractivity contribution >= 4 is 5.97 Å². The van der Waals surface area contributed by atoms with Gasteiger partial charge in [-0.25, -0.2) is 0 Å². The van der Waals surface area contributed by atoms with Crippen LogP contribution in [0.1, 0.15) is 5.56 Å². The van der Waals surface area contributed by atoms with Gasteiger partial charge in [0.2, 0.25) is 0 Å². The first-order chi connectivity index (χ1) is 7.60. The molecule has 0 saturated carbocycles. The number of carboxylic acid groups (broad SMARTS) is 1. The molecule has 1 atom stereocenters. The lowest BCUT2D eigenvalue weighted by atomic mass is 10.1. The van der Waals surface area contributed by atoms with Gasteiger partial charge < -0.3 is 20.3 Å². The van der Waals surface area contributed by atoms with Crippen LogP contribution in [0.25, 0.3) is 0 Å². The Labute approximate surface area is 93.0 Å². The summed E-state index contributed by atoms with van der Waals surface area (Å²) in [5, 5.41) is 8.75. The molecule has 3 N–H and O–H groups in total. The fourth-order valence-electron chi connectivity index (χ4n) is 1.31. The summed E-state index contributed by atoms with van der Waals surface area (Å²) < 4.78 is 10.2. The highest BCUT2D eigenvalue weighted by atomic mass is 16.5. The number of aliphatic carboxylic acids is 1. The number of carbonyl (C=O) groups is 1. The third-order valence-corrected chi connectivity index (χ3v) is 2.16. The number of pyridine rings is 1. The summed E-state index contributed by atoms with van der Waals surface area (Å²) in [5.74, 6) is -0.131. The maximum Gasteiger partial charge on any atom is 0.320 e. The molecular formula is C10H14N2O4. The minimum Gasteiger partial charge on any atom is -0.495 e. The van der Waals surface area contributed by atoms with Crippen molar-refractivity contribution in [1.82, 2.24) is 4.98 Å². The van der Waals surface area contributed by atoms with Gasteiger partial charge in [-0.15, -0.1) is 0 Å². The minimum atomic E-state index is -1.07. The topological polar surface area (TPSA) is 94.7 Å². The lowest BCUT2D eigenvalue weighted by Gasteiger charge is -2.13. The van der Waals surface area contributed by atoms with Gasteiger partial charge in [-0.1, -0.05) is 0 Å². The van der Waals surface area contributed by atoms with E-state index in [2.05, 4.69) is 4.98 Å². The molecular weight excluding hydrogens is 212 g/mol. The Bertz CT molecular complexity index is 359. The summed E-state index contributed by atoms with van der Waals surface area (Å²) in [7, 11) is 2.96. The van der Waals surface area contributed by atoms with Crippen LogP contribution in [0.5, 0.6) is 11.5 Å². The van der Waals surface area contributed by atoms with Crippen molar-refractivity contribution in [2.75, 3.05) is 14.2 Å². The summed E-state index contributed by atoms with van der Waals surface area (Å²) in [6.45, 7) is 0. The molecule has 1 unspecified atom stereocenters. The lowest BCUT2D eigenvalue weighted by Crippen LogP contribution is -2.32. The van der Waals surface area contributed by atoms with E-state index in [1.165, 1.54) is 26.6 Å². The molecule has 16 heavy (non-hydrogen) atoms. The zero-order chi connectivity index (χ0) is 12.1. The fourth-order valence-corrected chi connectivity index (χ4v) is 1.31. The van der Waals surface area contributed by atoms with Gasteiger partial charge in [0, 0.05) is 12.0 Å². The SMILES string of the molecule is COc1cncc(OC)c1CC(N)C(=O)O. The highest BCUT2D eigenvalue weighted by Gasteiger charge is 2.18. The molecule has 0 radical (unpaired) electrons.